The molecule has 0 aliphatic heterocycles. The summed E-state index contributed by atoms with van der Waals surface area (Å²) in [6, 6.07) is 19.2. The summed E-state index contributed by atoms with van der Waals surface area (Å²) in [6.45, 7) is 11.1. The molecule has 0 radical (unpaired) electrons. The van der Waals surface area contributed by atoms with Gasteiger partial charge < -0.3 is 9.47 Å². The number of rotatable bonds is 17. The third-order valence-corrected chi connectivity index (χ3v) is 10.4. The summed E-state index contributed by atoms with van der Waals surface area (Å²) >= 11 is 0. The van der Waals surface area contributed by atoms with Gasteiger partial charge in [0.1, 0.15) is 11.5 Å². The van der Waals surface area contributed by atoms with E-state index in [-0.39, 0.29) is 0 Å². The van der Waals surface area contributed by atoms with Gasteiger partial charge in [-0.05, 0) is 54.8 Å². The lowest BCUT2D eigenvalue weighted by molar-refractivity contribution is 0.305. The molecule has 0 N–H and O–H groups in total. The van der Waals surface area contributed by atoms with E-state index in [9.17, 15) is 0 Å². The zero-order valence-electron chi connectivity index (χ0n) is 23.5. The molecular formula is C32H46N2O2Si. The second-order valence-corrected chi connectivity index (χ2v) is 16.2. The van der Waals surface area contributed by atoms with Crippen LogP contribution in [0.15, 0.2) is 60.9 Å². The number of aromatic nitrogens is 2. The highest BCUT2D eigenvalue weighted by molar-refractivity contribution is 6.77. The van der Waals surface area contributed by atoms with Crippen LogP contribution in [0.1, 0.15) is 65.2 Å². The molecule has 0 amide bonds. The molecular weight excluding hydrogens is 472 g/mol. The summed E-state index contributed by atoms with van der Waals surface area (Å²) in [6.07, 6.45) is 13.7. The highest BCUT2D eigenvalue weighted by Gasteiger charge is 2.18. The molecule has 1 aromatic heterocycles. The maximum Gasteiger partial charge on any atom is 0.159 e. The topological polar surface area (TPSA) is 44.2 Å². The third kappa shape index (κ3) is 10.3. The van der Waals surface area contributed by atoms with Gasteiger partial charge in [0.2, 0.25) is 0 Å². The van der Waals surface area contributed by atoms with E-state index >= 15 is 0 Å². The first-order valence-electron chi connectivity index (χ1n) is 14.3. The summed E-state index contributed by atoms with van der Waals surface area (Å²) in [5.74, 6) is 2.55. The Balaban J connectivity index is 1.43. The van der Waals surface area contributed by atoms with Crippen LogP contribution in [0.5, 0.6) is 11.5 Å². The zero-order valence-corrected chi connectivity index (χ0v) is 24.5. The average Bonchev–Trinajstić information content (AvgIpc) is 2.92. The van der Waals surface area contributed by atoms with Crippen molar-refractivity contribution in [3.05, 3.63) is 60.9 Å². The fourth-order valence-corrected chi connectivity index (χ4v) is 7.23. The van der Waals surface area contributed by atoms with Gasteiger partial charge >= 0.3 is 0 Å². The van der Waals surface area contributed by atoms with Crippen molar-refractivity contribution in [2.45, 2.75) is 90.4 Å². The SMILES string of the molecule is CCCCCCOc1ccc(-c2cnc(-c3ccc(OCCCC[Si](C)(C)CCCC)cc3)nc2)cc1. The van der Waals surface area contributed by atoms with Gasteiger partial charge in [0, 0.05) is 31.6 Å². The van der Waals surface area contributed by atoms with Crippen LogP contribution in [-0.4, -0.2) is 31.3 Å². The van der Waals surface area contributed by atoms with E-state index in [0.29, 0.717) is 0 Å². The van der Waals surface area contributed by atoms with E-state index in [1.165, 1.54) is 50.6 Å². The molecule has 2 aromatic carbocycles. The lowest BCUT2D eigenvalue weighted by Gasteiger charge is -2.21. The number of hydrogen-bond acceptors (Lipinski definition) is 4. The molecule has 0 spiro atoms. The second kappa shape index (κ2) is 15.6. The minimum atomic E-state index is -1.01. The van der Waals surface area contributed by atoms with Gasteiger partial charge in [0.15, 0.2) is 5.82 Å². The van der Waals surface area contributed by atoms with E-state index in [4.69, 9.17) is 9.47 Å². The molecule has 3 aromatic rings. The predicted molar refractivity (Wildman–Crippen MR) is 159 cm³/mol. The Hall–Kier alpha value is -2.66. The van der Waals surface area contributed by atoms with E-state index < -0.39 is 8.07 Å². The fourth-order valence-electron chi connectivity index (χ4n) is 4.46. The Bertz CT molecular complexity index is 1020. The summed E-state index contributed by atoms with van der Waals surface area (Å²) in [5, 5.41) is 0. The molecule has 5 heteroatoms. The summed E-state index contributed by atoms with van der Waals surface area (Å²) in [7, 11) is -1.01. The van der Waals surface area contributed by atoms with Gasteiger partial charge in [0.05, 0.1) is 13.2 Å². The highest BCUT2D eigenvalue weighted by Crippen LogP contribution is 2.25. The monoisotopic (exact) mass is 518 g/mol. The van der Waals surface area contributed by atoms with Gasteiger partial charge in [-0.25, -0.2) is 9.97 Å². The standard InChI is InChI=1S/C32H46N2O2Si/c1-5-7-9-10-21-35-30-17-13-27(14-18-30)29-25-33-32(34-26-29)28-15-19-31(20-16-28)36-22-11-12-24-37(3,4)23-8-6-2/h13-20,25-26H,5-12,21-24H2,1-4H3. The van der Waals surface area contributed by atoms with Crippen LogP contribution < -0.4 is 9.47 Å². The number of unbranched alkanes of at least 4 members (excludes halogenated alkanes) is 5. The van der Waals surface area contributed by atoms with Gasteiger partial charge in [-0.1, -0.05) is 89.7 Å². The van der Waals surface area contributed by atoms with Crippen molar-refractivity contribution in [2.75, 3.05) is 13.2 Å². The Labute approximate surface area is 225 Å². The maximum absolute atomic E-state index is 5.99. The zero-order chi connectivity index (χ0) is 26.3. The number of nitrogens with zero attached hydrogens (tertiary/aromatic N) is 2. The summed E-state index contributed by atoms with van der Waals surface area (Å²) in [4.78, 5) is 9.21. The van der Waals surface area contributed by atoms with Crippen LogP contribution in [0.4, 0.5) is 0 Å². The number of benzene rings is 2. The van der Waals surface area contributed by atoms with Gasteiger partial charge in [-0.2, -0.15) is 0 Å². The van der Waals surface area contributed by atoms with E-state index in [0.717, 1.165) is 60.1 Å². The van der Waals surface area contributed by atoms with Crippen LogP contribution in [-0.2, 0) is 0 Å². The number of hydrogen-bond donors (Lipinski definition) is 0. The molecule has 0 saturated carbocycles. The van der Waals surface area contributed by atoms with Crippen molar-refractivity contribution < 1.29 is 9.47 Å². The van der Waals surface area contributed by atoms with Crippen LogP contribution in [0.2, 0.25) is 25.2 Å². The minimum absolute atomic E-state index is 0.724. The summed E-state index contributed by atoms with van der Waals surface area (Å²) in [5.41, 5.74) is 3.08. The van der Waals surface area contributed by atoms with E-state index in [1.54, 1.807) is 0 Å². The molecule has 37 heavy (non-hydrogen) atoms. The maximum atomic E-state index is 5.99. The molecule has 0 fully saturated rings. The molecule has 0 saturated heterocycles. The highest BCUT2D eigenvalue weighted by atomic mass is 28.3. The molecule has 3 rings (SSSR count). The molecule has 0 aliphatic rings. The Morgan fingerprint density at radius 2 is 1.08 bits per heavy atom. The van der Waals surface area contributed by atoms with Gasteiger partial charge in [-0.15, -0.1) is 0 Å². The van der Waals surface area contributed by atoms with Crippen molar-refractivity contribution in [2.24, 2.45) is 0 Å². The van der Waals surface area contributed by atoms with Gasteiger partial charge in [-0.3, -0.25) is 0 Å². The molecule has 0 unspecified atom stereocenters. The second-order valence-electron chi connectivity index (χ2n) is 10.8. The molecule has 0 atom stereocenters. The third-order valence-electron chi connectivity index (χ3n) is 6.94. The normalized spacial score (nSPS) is 11.5. The van der Waals surface area contributed by atoms with Crippen LogP contribution in [0.25, 0.3) is 22.5 Å². The predicted octanol–water partition coefficient (Wildman–Crippen LogP) is 9.44. The minimum Gasteiger partial charge on any atom is -0.494 e. The first-order chi connectivity index (χ1) is 18.0. The fraction of sp³-hybridized carbons (Fsp3) is 0.500. The van der Waals surface area contributed by atoms with Crippen molar-refractivity contribution >= 4 is 8.07 Å². The lowest BCUT2D eigenvalue weighted by atomic mass is 10.1. The van der Waals surface area contributed by atoms with Crippen LogP contribution in [0, 0.1) is 0 Å². The van der Waals surface area contributed by atoms with Gasteiger partial charge in [0.25, 0.3) is 0 Å². The van der Waals surface area contributed by atoms with Crippen molar-refractivity contribution in [1.29, 1.82) is 0 Å². The quantitative estimate of drug-likeness (QED) is 0.132. The molecule has 200 valence electrons. The average molecular weight is 519 g/mol. The Kier molecular flexibility index (Phi) is 12.2. The first kappa shape index (κ1) is 28.9. The van der Waals surface area contributed by atoms with Crippen molar-refractivity contribution in [1.82, 2.24) is 9.97 Å². The van der Waals surface area contributed by atoms with Crippen LogP contribution >= 0.6 is 0 Å². The molecule has 1 heterocycles. The smallest absolute Gasteiger partial charge is 0.159 e. The van der Waals surface area contributed by atoms with Crippen molar-refractivity contribution in [3.63, 3.8) is 0 Å². The molecule has 0 aliphatic carbocycles. The molecule has 4 nitrogen and oxygen atoms in total. The van der Waals surface area contributed by atoms with Crippen LogP contribution in [0.3, 0.4) is 0 Å². The first-order valence-corrected chi connectivity index (χ1v) is 17.7. The molecule has 0 bridgehead atoms. The Morgan fingerprint density at radius 1 is 0.568 bits per heavy atom. The van der Waals surface area contributed by atoms with Crippen molar-refractivity contribution in [3.8, 4) is 34.0 Å². The van der Waals surface area contributed by atoms with E-state index in [2.05, 4.69) is 49.0 Å². The lowest BCUT2D eigenvalue weighted by Crippen LogP contribution is -2.24. The Morgan fingerprint density at radius 3 is 1.65 bits per heavy atom. The number of ether oxygens (including phenoxy) is 2. The largest absolute Gasteiger partial charge is 0.494 e. The van der Waals surface area contributed by atoms with E-state index in [1.807, 2.05) is 48.8 Å². The summed E-state index contributed by atoms with van der Waals surface area (Å²) < 4.78 is 11.8.